The van der Waals surface area contributed by atoms with Crippen LogP contribution in [-0.4, -0.2) is 60.7 Å². The Kier molecular flexibility index (Phi) is 7.89. The van der Waals surface area contributed by atoms with Crippen LogP contribution in [0.25, 0.3) is 0 Å². The van der Waals surface area contributed by atoms with Gasteiger partial charge in [-0.1, -0.05) is 72.8 Å². The van der Waals surface area contributed by atoms with E-state index in [0.717, 1.165) is 38.3 Å². The molecule has 1 fully saturated rings. The molecule has 172 valence electrons. The Morgan fingerprint density at radius 3 is 1.88 bits per heavy atom. The predicted molar refractivity (Wildman–Crippen MR) is 130 cm³/mol. The fourth-order valence-corrected chi connectivity index (χ4v) is 4.56. The Balaban J connectivity index is 1.33. The van der Waals surface area contributed by atoms with Crippen molar-refractivity contribution in [3.05, 3.63) is 107 Å². The van der Waals surface area contributed by atoms with Gasteiger partial charge in [-0.05, 0) is 35.2 Å². The summed E-state index contributed by atoms with van der Waals surface area (Å²) in [5.41, 5.74) is 3.97. The molecule has 5 nitrogen and oxygen atoms in total. The van der Waals surface area contributed by atoms with Crippen molar-refractivity contribution in [2.24, 2.45) is 0 Å². The Labute approximate surface area is 196 Å². The molecule has 1 aliphatic rings. The summed E-state index contributed by atoms with van der Waals surface area (Å²) in [5, 5.41) is 10.6. The number of rotatable bonds is 8. The van der Waals surface area contributed by atoms with Crippen molar-refractivity contribution in [3.63, 3.8) is 0 Å². The van der Waals surface area contributed by atoms with E-state index in [2.05, 4.69) is 70.5 Å². The number of carbonyl (C=O) groups excluding carboxylic acids is 1. The molecule has 1 saturated heterocycles. The third kappa shape index (κ3) is 5.88. The Morgan fingerprint density at radius 1 is 0.818 bits per heavy atom. The second-order valence-corrected chi connectivity index (χ2v) is 8.52. The van der Waals surface area contributed by atoms with Crippen LogP contribution in [0.3, 0.4) is 0 Å². The first-order valence-electron chi connectivity index (χ1n) is 11.6. The van der Waals surface area contributed by atoms with Gasteiger partial charge >= 0.3 is 5.97 Å². The quantitative estimate of drug-likeness (QED) is 0.525. The fourth-order valence-electron chi connectivity index (χ4n) is 4.56. The van der Waals surface area contributed by atoms with Crippen LogP contribution >= 0.6 is 0 Å². The van der Waals surface area contributed by atoms with Crippen molar-refractivity contribution in [1.82, 2.24) is 9.80 Å². The molecular formula is C28H32N2O3. The van der Waals surface area contributed by atoms with Crippen LogP contribution in [0.2, 0.25) is 0 Å². The van der Waals surface area contributed by atoms with Gasteiger partial charge < -0.3 is 14.7 Å². The van der Waals surface area contributed by atoms with E-state index in [1.165, 1.54) is 18.2 Å². The summed E-state index contributed by atoms with van der Waals surface area (Å²) < 4.78 is 4.73. The number of carbonyl (C=O) groups is 1. The van der Waals surface area contributed by atoms with E-state index in [4.69, 9.17) is 4.74 Å². The fraction of sp³-hybridized carbons (Fsp3) is 0.321. The van der Waals surface area contributed by atoms with Crippen molar-refractivity contribution >= 4 is 5.97 Å². The maximum Gasteiger partial charge on any atom is 0.337 e. The van der Waals surface area contributed by atoms with Crippen molar-refractivity contribution in [3.8, 4) is 0 Å². The smallest absolute Gasteiger partial charge is 0.337 e. The molecule has 33 heavy (non-hydrogen) atoms. The Hall–Kier alpha value is -2.99. The monoisotopic (exact) mass is 444 g/mol. The largest absolute Gasteiger partial charge is 0.465 e. The van der Waals surface area contributed by atoms with Crippen molar-refractivity contribution < 1.29 is 14.6 Å². The third-order valence-corrected chi connectivity index (χ3v) is 6.44. The first kappa shape index (κ1) is 23.2. The molecule has 0 aromatic heterocycles. The zero-order chi connectivity index (χ0) is 23.0. The van der Waals surface area contributed by atoms with Crippen LogP contribution in [0, 0.1) is 0 Å². The Bertz CT molecular complexity index is 961. The molecular weight excluding hydrogens is 412 g/mol. The van der Waals surface area contributed by atoms with Crippen LogP contribution < -0.4 is 0 Å². The van der Waals surface area contributed by atoms with Crippen molar-refractivity contribution in [1.29, 1.82) is 0 Å². The summed E-state index contributed by atoms with van der Waals surface area (Å²) in [6, 6.07) is 28.7. The van der Waals surface area contributed by atoms with E-state index in [1.54, 1.807) is 24.3 Å². The lowest BCUT2D eigenvalue weighted by Gasteiger charge is -2.40. The highest BCUT2D eigenvalue weighted by Gasteiger charge is 2.26. The van der Waals surface area contributed by atoms with Gasteiger partial charge in [0.1, 0.15) is 0 Å². The molecule has 1 atom stereocenters. The molecule has 1 unspecified atom stereocenters. The SMILES string of the molecule is COC(=O)c1ccc(C(O)CCN2CCN(C(c3ccccc3)c3ccccc3)CC2)cc1. The molecule has 0 radical (unpaired) electrons. The molecule has 0 amide bonds. The summed E-state index contributed by atoms with van der Waals surface area (Å²) in [6.45, 7) is 4.76. The van der Waals surface area contributed by atoms with E-state index < -0.39 is 6.10 Å². The Morgan fingerprint density at radius 2 is 1.36 bits per heavy atom. The second kappa shape index (κ2) is 11.2. The molecule has 5 heteroatoms. The molecule has 1 N–H and O–H groups in total. The predicted octanol–water partition coefficient (Wildman–Crippen LogP) is 4.30. The second-order valence-electron chi connectivity index (χ2n) is 8.52. The van der Waals surface area contributed by atoms with Crippen LogP contribution in [0.4, 0.5) is 0 Å². The van der Waals surface area contributed by atoms with E-state index in [-0.39, 0.29) is 12.0 Å². The minimum absolute atomic E-state index is 0.258. The van der Waals surface area contributed by atoms with Crippen LogP contribution in [0.1, 0.15) is 45.6 Å². The molecule has 0 spiro atoms. The van der Waals surface area contributed by atoms with E-state index >= 15 is 0 Å². The lowest BCUT2D eigenvalue weighted by atomic mass is 9.96. The highest BCUT2D eigenvalue weighted by atomic mass is 16.5. The molecule has 3 aromatic rings. The zero-order valence-corrected chi connectivity index (χ0v) is 19.1. The first-order valence-corrected chi connectivity index (χ1v) is 11.6. The van der Waals surface area contributed by atoms with Gasteiger partial charge in [-0.25, -0.2) is 4.79 Å². The number of aliphatic hydroxyl groups excluding tert-OH is 1. The van der Waals surface area contributed by atoms with Gasteiger partial charge in [0, 0.05) is 32.7 Å². The summed E-state index contributed by atoms with van der Waals surface area (Å²) >= 11 is 0. The number of esters is 1. The molecule has 1 heterocycles. The highest BCUT2D eigenvalue weighted by molar-refractivity contribution is 5.89. The first-order chi connectivity index (χ1) is 16.2. The number of benzene rings is 3. The van der Waals surface area contributed by atoms with Crippen LogP contribution in [0.15, 0.2) is 84.9 Å². The summed E-state index contributed by atoms with van der Waals surface area (Å²) in [5.74, 6) is -0.363. The summed E-state index contributed by atoms with van der Waals surface area (Å²) in [6.07, 6.45) is 0.120. The van der Waals surface area contributed by atoms with Crippen molar-refractivity contribution in [2.45, 2.75) is 18.6 Å². The van der Waals surface area contributed by atoms with Gasteiger partial charge in [-0.15, -0.1) is 0 Å². The molecule has 4 rings (SSSR count). The number of hydrogen-bond acceptors (Lipinski definition) is 5. The number of methoxy groups -OCH3 is 1. The average Bonchev–Trinajstić information content (AvgIpc) is 2.89. The number of nitrogens with zero attached hydrogens (tertiary/aromatic N) is 2. The average molecular weight is 445 g/mol. The topological polar surface area (TPSA) is 53.0 Å². The minimum Gasteiger partial charge on any atom is -0.465 e. The van der Waals surface area contributed by atoms with Gasteiger partial charge in [0.2, 0.25) is 0 Å². The maximum absolute atomic E-state index is 11.6. The van der Waals surface area contributed by atoms with E-state index in [9.17, 15) is 9.90 Å². The van der Waals surface area contributed by atoms with E-state index in [1.807, 2.05) is 0 Å². The van der Waals surface area contributed by atoms with Gasteiger partial charge in [-0.2, -0.15) is 0 Å². The number of hydrogen-bond donors (Lipinski definition) is 1. The van der Waals surface area contributed by atoms with Crippen LogP contribution in [0.5, 0.6) is 0 Å². The lowest BCUT2D eigenvalue weighted by molar-refractivity contribution is 0.0600. The van der Waals surface area contributed by atoms with Crippen LogP contribution in [-0.2, 0) is 4.74 Å². The maximum atomic E-state index is 11.6. The van der Waals surface area contributed by atoms with Gasteiger partial charge in [0.05, 0.1) is 24.8 Å². The molecule has 0 saturated carbocycles. The minimum atomic E-state index is -0.545. The molecule has 3 aromatic carbocycles. The third-order valence-electron chi connectivity index (χ3n) is 6.44. The standard InChI is InChI=1S/C28H32N2O3/c1-33-28(32)25-14-12-22(13-15-25)26(31)16-17-29-18-20-30(21-19-29)27(23-8-4-2-5-9-23)24-10-6-3-7-11-24/h2-15,26-27,31H,16-21H2,1H3. The number of piperazine rings is 1. The number of aliphatic hydroxyl groups is 1. The van der Waals surface area contributed by atoms with Gasteiger partial charge in [0.15, 0.2) is 0 Å². The van der Waals surface area contributed by atoms with E-state index in [0.29, 0.717) is 12.0 Å². The highest BCUT2D eigenvalue weighted by Crippen LogP contribution is 2.29. The van der Waals surface area contributed by atoms with Gasteiger partial charge in [0.25, 0.3) is 0 Å². The summed E-state index contributed by atoms with van der Waals surface area (Å²) in [7, 11) is 1.37. The molecule has 0 aliphatic carbocycles. The lowest BCUT2D eigenvalue weighted by Crippen LogP contribution is -2.48. The number of ether oxygens (including phenoxy) is 1. The zero-order valence-electron chi connectivity index (χ0n) is 19.1. The normalized spacial score (nSPS) is 16.0. The molecule has 0 bridgehead atoms. The van der Waals surface area contributed by atoms with Gasteiger partial charge in [-0.3, -0.25) is 4.90 Å². The summed E-state index contributed by atoms with van der Waals surface area (Å²) in [4.78, 5) is 16.6. The van der Waals surface area contributed by atoms with Crippen molar-refractivity contribution in [2.75, 3.05) is 39.8 Å². The molecule has 1 aliphatic heterocycles.